The van der Waals surface area contributed by atoms with Crippen LogP contribution in [0.4, 0.5) is 17.1 Å². The van der Waals surface area contributed by atoms with E-state index < -0.39 is 0 Å². The molecule has 1 aliphatic carbocycles. The van der Waals surface area contributed by atoms with Crippen molar-refractivity contribution < 1.29 is 0 Å². The van der Waals surface area contributed by atoms with Crippen molar-refractivity contribution in [2.75, 3.05) is 4.90 Å². The maximum absolute atomic E-state index is 2.45. The lowest BCUT2D eigenvalue weighted by atomic mass is 9.69. The molecule has 1 saturated carbocycles. The molecule has 2 heteroatoms. The highest BCUT2D eigenvalue weighted by atomic mass is 32.1. The fourth-order valence-electron chi connectivity index (χ4n) is 9.29. The lowest BCUT2D eigenvalue weighted by Crippen LogP contribution is -2.27. The molecule has 0 bridgehead atoms. The van der Waals surface area contributed by atoms with Crippen LogP contribution in [0.1, 0.15) is 49.7 Å². The summed E-state index contributed by atoms with van der Waals surface area (Å²) in [5.41, 5.74) is 11.4. The van der Waals surface area contributed by atoms with Crippen LogP contribution in [0, 0.1) is 0 Å². The topological polar surface area (TPSA) is 3.24 Å². The summed E-state index contributed by atoms with van der Waals surface area (Å²) < 4.78 is 2.63. The summed E-state index contributed by atoms with van der Waals surface area (Å²) >= 11 is 1.88. The van der Waals surface area contributed by atoms with E-state index in [2.05, 4.69) is 193 Å². The molecule has 0 N–H and O–H groups in total. The van der Waals surface area contributed by atoms with Crippen LogP contribution < -0.4 is 4.90 Å². The second-order valence-corrected chi connectivity index (χ2v) is 16.2. The highest BCUT2D eigenvalue weighted by Crippen LogP contribution is 2.47. The number of rotatable bonds is 7. The van der Waals surface area contributed by atoms with Gasteiger partial charge in [0.25, 0.3) is 0 Å². The minimum absolute atomic E-state index is 0.0452. The van der Waals surface area contributed by atoms with E-state index in [9.17, 15) is 0 Å². The van der Waals surface area contributed by atoms with Gasteiger partial charge in [-0.1, -0.05) is 165 Å². The van der Waals surface area contributed by atoms with Gasteiger partial charge in [-0.3, -0.25) is 0 Å². The molecule has 8 aromatic carbocycles. The Balaban J connectivity index is 1.12. The number of fused-ring (bicyclic) bond motifs is 4. The molecule has 1 aliphatic rings. The zero-order chi connectivity index (χ0) is 36.6. The van der Waals surface area contributed by atoms with Gasteiger partial charge >= 0.3 is 0 Å². The number of anilines is 3. The van der Waals surface area contributed by atoms with Crippen molar-refractivity contribution in [3.63, 3.8) is 0 Å². The van der Waals surface area contributed by atoms with Crippen molar-refractivity contribution in [1.29, 1.82) is 0 Å². The van der Waals surface area contributed by atoms with Crippen molar-refractivity contribution >= 4 is 59.3 Å². The second kappa shape index (κ2) is 14.4. The average Bonchev–Trinajstić information content (AvgIpc) is 3.44. The summed E-state index contributed by atoms with van der Waals surface area (Å²) in [6, 6.07) is 70.0. The molecule has 1 nitrogen and oxygen atoms in total. The van der Waals surface area contributed by atoms with E-state index in [0.717, 1.165) is 11.4 Å². The van der Waals surface area contributed by atoms with E-state index in [4.69, 9.17) is 0 Å². The number of hydrogen-bond donors (Lipinski definition) is 0. The van der Waals surface area contributed by atoms with Gasteiger partial charge in [-0.2, -0.15) is 0 Å². The summed E-state index contributed by atoms with van der Waals surface area (Å²) in [6.45, 7) is 0. The molecule has 1 aromatic heterocycles. The largest absolute Gasteiger partial charge is 0.310 e. The van der Waals surface area contributed by atoms with Crippen LogP contribution in [0.25, 0.3) is 53.2 Å². The minimum atomic E-state index is 0.0452. The monoisotopic (exact) mass is 725 g/mol. The van der Waals surface area contributed by atoms with Crippen LogP contribution in [0.2, 0.25) is 0 Å². The molecule has 0 amide bonds. The standard InChI is InChI=1S/C53H43NS/c1-2-12-36-53(35-11-1,41-19-7-4-8-20-41)42-27-31-44(32-28-42)54(43-29-25-40(26-30-43)47-22-13-18-38-17-9-10-21-46(38)47)45-33-34-50-49(37-45)52-48(23-14-24-51(52)55-50)39-15-5-3-6-16-39/h3-10,13-34,37H,1-2,11-12,35-36H2. The van der Waals surface area contributed by atoms with Gasteiger partial charge < -0.3 is 4.90 Å². The highest BCUT2D eigenvalue weighted by Gasteiger charge is 2.34. The molecule has 0 spiro atoms. The number of hydrogen-bond acceptors (Lipinski definition) is 2. The molecule has 0 atom stereocenters. The van der Waals surface area contributed by atoms with Gasteiger partial charge in [-0.25, -0.2) is 0 Å². The maximum atomic E-state index is 2.45. The Kier molecular flexibility index (Phi) is 8.77. The molecule has 0 aliphatic heterocycles. The van der Waals surface area contributed by atoms with Gasteiger partial charge in [0.15, 0.2) is 0 Å². The fourth-order valence-corrected chi connectivity index (χ4v) is 10.4. The molecule has 0 unspecified atom stereocenters. The lowest BCUT2D eigenvalue weighted by Gasteiger charge is -2.35. The van der Waals surface area contributed by atoms with Crippen molar-refractivity contribution in [1.82, 2.24) is 0 Å². The van der Waals surface area contributed by atoms with Crippen molar-refractivity contribution in [2.24, 2.45) is 0 Å². The summed E-state index contributed by atoms with van der Waals surface area (Å²) in [7, 11) is 0. The Morgan fingerprint density at radius 1 is 0.400 bits per heavy atom. The Morgan fingerprint density at radius 2 is 0.982 bits per heavy atom. The van der Waals surface area contributed by atoms with E-state index in [-0.39, 0.29) is 5.41 Å². The van der Waals surface area contributed by atoms with Crippen molar-refractivity contribution in [3.05, 3.63) is 199 Å². The molecular weight excluding hydrogens is 683 g/mol. The Morgan fingerprint density at radius 3 is 1.75 bits per heavy atom. The maximum Gasteiger partial charge on any atom is 0.0468 e. The first-order chi connectivity index (χ1) is 27.2. The van der Waals surface area contributed by atoms with Gasteiger partial charge in [0, 0.05) is 42.6 Å². The fraction of sp³-hybridized carbons (Fsp3) is 0.132. The molecular formula is C53H43NS. The first-order valence-corrected chi connectivity index (χ1v) is 20.6. The van der Waals surface area contributed by atoms with Crippen molar-refractivity contribution in [3.8, 4) is 22.3 Å². The third kappa shape index (κ3) is 6.12. The van der Waals surface area contributed by atoms with Crippen LogP contribution in [-0.2, 0) is 5.41 Å². The SMILES string of the molecule is c1ccc(-c2cccc3sc4ccc(N(c5ccc(-c6cccc7ccccc67)cc5)c5ccc(C6(c7ccccc7)CCCCCC6)cc5)cc4c23)cc1. The molecule has 10 rings (SSSR count). The first-order valence-electron chi connectivity index (χ1n) is 19.8. The normalized spacial score (nSPS) is 14.3. The van der Waals surface area contributed by atoms with Gasteiger partial charge in [0.05, 0.1) is 0 Å². The molecule has 1 fully saturated rings. The minimum Gasteiger partial charge on any atom is -0.310 e. The van der Waals surface area contributed by atoms with E-state index in [1.807, 2.05) is 11.3 Å². The molecule has 0 saturated heterocycles. The van der Waals surface area contributed by atoms with Gasteiger partial charge in [-0.15, -0.1) is 11.3 Å². The van der Waals surface area contributed by atoms with Crippen LogP contribution in [0.3, 0.4) is 0 Å². The summed E-state index contributed by atoms with van der Waals surface area (Å²) in [6.07, 6.45) is 7.57. The smallest absolute Gasteiger partial charge is 0.0468 e. The quantitative estimate of drug-likeness (QED) is 0.148. The molecule has 0 radical (unpaired) electrons. The van der Waals surface area contributed by atoms with E-state index in [1.165, 1.54) is 109 Å². The summed E-state index contributed by atoms with van der Waals surface area (Å²) in [5.74, 6) is 0. The number of benzene rings is 8. The third-order valence-electron chi connectivity index (χ3n) is 12.0. The van der Waals surface area contributed by atoms with Gasteiger partial charge in [0.2, 0.25) is 0 Å². The Labute approximate surface area is 328 Å². The average molecular weight is 726 g/mol. The molecule has 9 aromatic rings. The zero-order valence-electron chi connectivity index (χ0n) is 31.0. The molecule has 266 valence electrons. The van der Waals surface area contributed by atoms with E-state index in [1.54, 1.807) is 0 Å². The summed E-state index contributed by atoms with van der Waals surface area (Å²) in [4.78, 5) is 2.45. The predicted molar refractivity (Wildman–Crippen MR) is 237 cm³/mol. The van der Waals surface area contributed by atoms with Gasteiger partial charge in [-0.05, 0) is 106 Å². The first kappa shape index (κ1) is 33.6. The Bertz CT molecular complexity index is 2730. The Hall–Kier alpha value is -5.96. The highest BCUT2D eigenvalue weighted by molar-refractivity contribution is 7.26. The number of thiophene rings is 1. The predicted octanol–water partition coefficient (Wildman–Crippen LogP) is 15.7. The van der Waals surface area contributed by atoms with Crippen LogP contribution >= 0.6 is 11.3 Å². The van der Waals surface area contributed by atoms with Crippen molar-refractivity contribution in [2.45, 2.75) is 43.9 Å². The summed E-state index contributed by atoms with van der Waals surface area (Å²) in [5, 5.41) is 5.17. The molecule has 1 heterocycles. The van der Waals surface area contributed by atoms with E-state index >= 15 is 0 Å². The molecule has 55 heavy (non-hydrogen) atoms. The van der Waals surface area contributed by atoms with Crippen LogP contribution in [0.5, 0.6) is 0 Å². The van der Waals surface area contributed by atoms with Crippen LogP contribution in [-0.4, -0.2) is 0 Å². The number of nitrogens with zero attached hydrogens (tertiary/aromatic N) is 1. The lowest BCUT2D eigenvalue weighted by molar-refractivity contribution is 0.446. The van der Waals surface area contributed by atoms with Crippen LogP contribution in [0.15, 0.2) is 188 Å². The zero-order valence-corrected chi connectivity index (χ0v) is 31.8. The second-order valence-electron chi connectivity index (χ2n) is 15.1. The van der Waals surface area contributed by atoms with E-state index in [0.29, 0.717) is 0 Å². The van der Waals surface area contributed by atoms with Gasteiger partial charge in [0.1, 0.15) is 0 Å². The third-order valence-corrected chi connectivity index (χ3v) is 13.1.